The highest BCUT2D eigenvalue weighted by Crippen LogP contribution is 2.25. The van der Waals surface area contributed by atoms with Crippen molar-refractivity contribution in [2.24, 2.45) is 5.14 Å². The summed E-state index contributed by atoms with van der Waals surface area (Å²) >= 11 is 1.48. The summed E-state index contributed by atoms with van der Waals surface area (Å²) in [5.41, 5.74) is 1.69. The van der Waals surface area contributed by atoms with Crippen molar-refractivity contribution in [2.45, 2.75) is 11.8 Å². The molecule has 6 heteroatoms. The van der Waals surface area contributed by atoms with Crippen molar-refractivity contribution in [1.82, 2.24) is 4.98 Å². The zero-order chi connectivity index (χ0) is 11.8. The van der Waals surface area contributed by atoms with E-state index in [9.17, 15) is 8.42 Å². The van der Waals surface area contributed by atoms with Crippen LogP contribution >= 0.6 is 11.3 Å². The van der Waals surface area contributed by atoms with Gasteiger partial charge in [-0.2, -0.15) is 0 Å². The Bertz CT molecular complexity index is 617. The lowest BCUT2D eigenvalue weighted by atomic mass is 10.2. The van der Waals surface area contributed by atoms with E-state index in [1.165, 1.54) is 23.5 Å². The molecule has 1 heterocycles. The molecule has 0 spiro atoms. The number of aryl methyl sites for hydroxylation is 1. The summed E-state index contributed by atoms with van der Waals surface area (Å²) in [4.78, 5) is 4.40. The standard InChI is InChI=1S/C10H10N2O2S2/c1-7-6-15-10(12-7)8-3-2-4-9(5-8)16(11,13)14/h2-6H,1H3,(H2,11,13,14). The van der Waals surface area contributed by atoms with E-state index in [1.54, 1.807) is 6.07 Å². The summed E-state index contributed by atoms with van der Waals surface area (Å²) < 4.78 is 22.4. The van der Waals surface area contributed by atoms with Gasteiger partial charge in [-0.1, -0.05) is 12.1 Å². The minimum Gasteiger partial charge on any atom is -0.241 e. The largest absolute Gasteiger partial charge is 0.241 e. The Morgan fingerprint density at radius 3 is 2.69 bits per heavy atom. The van der Waals surface area contributed by atoms with Gasteiger partial charge in [-0.3, -0.25) is 0 Å². The highest BCUT2D eigenvalue weighted by molar-refractivity contribution is 7.89. The fourth-order valence-corrected chi connectivity index (χ4v) is 2.65. The molecule has 0 aliphatic heterocycles. The average molecular weight is 254 g/mol. The topological polar surface area (TPSA) is 73.1 Å². The molecule has 0 unspecified atom stereocenters. The SMILES string of the molecule is Cc1csc(-c2cccc(S(N)(=O)=O)c2)n1. The first-order valence-electron chi connectivity index (χ1n) is 4.52. The van der Waals surface area contributed by atoms with E-state index < -0.39 is 10.0 Å². The predicted molar refractivity (Wildman–Crippen MR) is 63.7 cm³/mol. The Morgan fingerprint density at radius 2 is 2.12 bits per heavy atom. The Balaban J connectivity index is 2.52. The summed E-state index contributed by atoms with van der Waals surface area (Å²) in [7, 11) is -3.65. The number of rotatable bonds is 2. The molecule has 2 rings (SSSR count). The molecule has 4 nitrogen and oxygen atoms in total. The van der Waals surface area contributed by atoms with Gasteiger partial charge in [0, 0.05) is 16.6 Å². The fraction of sp³-hybridized carbons (Fsp3) is 0.100. The van der Waals surface area contributed by atoms with Crippen molar-refractivity contribution >= 4 is 21.4 Å². The van der Waals surface area contributed by atoms with E-state index in [1.807, 2.05) is 18.4 Å². The highest BCUT2D eigenvalue weighted by Gasteiger charge is 2.10. The Morgan fingerprint density at radius 1 is 1.38 bits per heavy atom. The van der Waals surface area contributed by atoms with Crippen molar-refractivity contribution in [3.8, 4) is 10.6 Å². The van der Waals surface area contributed by atoms with Crippen molar-refractivity contribution in [3.63, 3.8) is 0 Å². The number of primary sulfonamides is 1. The van der Waals surface area contributed by atoms with Gasteiger partial charge in [-0.15, -0.1) is 11.3 Å². The van der Waals surface area contributed by atoms with Crippen LogP contribution in [0.4, 0.5) is 0 Å². The second-order valence-electron chi connectivity index (χ2n) is 3.37. The van der Waals surface area contributed by atoms with Crippen LogP contribution in [0.25, 0.3) is 10.6 Å². The number of nitrogens with zero attached hydrogens (tertiary/aromatic N) is 1. The minimum absolute atomic E-state index is 0.109. The number of hydrogen-bond acceptors (Lipinski definition) is 4. The van der Waals surface area contributed by atoms with E-state index >= 15 is 0 Å². The molecular formula is C10H10N2O2S2. The lowest BCUT2D eigenvalue weighted by molar-refractivity contribution is 0.598. The van der Waals surface area contributed by atoms with E-state index in [4.69, 9.17) is 5.14 Å². The van der Waals surface area contributed by atoms with Crippen molar-refractivity contribution in [2.75, 3.05) is 0 Å². The Hall–Kier alpha value is -1.24. The molecule has 1 aromatic carbocycles. The molecule has 2 N–H and O–H groups in total. The van der Waals surface area contributed by atoms with Crippen LogP contribution in [0.2, 0.25) is 0 Å². The zero-order valence-corrected chi connectivity index (χ0v) is 10.2. The van der Waals surface area contributed by atoms with Crippen LogP contribution in [0.15, 0.2) is 34.5 Å². The van der Waals surface area contributed by atoms with E-state index in [2.05, 4.69) is 4.98 Å². The third-order valence-electron chi connectivity index (χ3n) is 2.03. The number of sulfonamides is 1. The van der Waals surface area contributed by atoms with Crippen LogP contribution in [-0.4, -0.2) is 13.4 Å². The first-order chi connectivity index (χ1) is 7.47. The lowest BCUT2D eigenvalue weighted by Crippen LogP contribution is -2.11. The summed E-state index contributed by atoms with van der Waals surface area (Å²) in [6, 6.07) is 6.48. The third-order valence-corrected chi connectivity index (χ3v) is 3.95. The molecule has 0 saturated carbocycles. The van der Waals surface area contributed by atoms with E-state index in [0.717, 1.165) is 16.3 Å². The molecular weight excluding hydrogens is 244 g/mol. The molecule has 0 radical (unpaired) electrons. The Kier molecular flexibility index (Phi) is 2.79. The van der Waals surface area contributed by atoms with Crippen LogP contribution in [0, 0.1) is 6.92 Å². The maximum absolute atomic E-state index is 11.2. The summed E-state index contributed by atoms with van der Waals surface area (Å²) in [5.74, 6) is 0. The molecule has 0 aliphatic carbocycles. The predicted octanol–water partition coefficient (Wildman–Crippen LogP) is 1.77. The molecule has 0 atom stereocenters. The molecule has 1 aromatic heterocycles. The molecule has 16 heavy (non-hydrogen) atoms. The molecule has 0 saturated heterocycles. The molecule has 0 bridgehead atoms. The zero-order valence-electron chi connectivity index (χ0n) is 8.54. The Labute approximate surface area is 97.8 Å². The van der Waals surface area contributed by atoms with Gasteiger partial charge in [0.05, 0.1) is 4.90 Å². The molecule has 0 fully saturated rings. The maximum atomic E-state index is 11.2. The van der Waals surface area contributed by atoms with Gasteiger partial charge in [-0.25, -0.2) is 18.5 Å². The summed E-state index contributed by atoms with van der Waals surface area (Å²) in [5, 5.41) is 7.77. The number of nitrogens with two attached hydrogens (primary N) is 1. The van der Waals surface area contributed by atoms with Gasteiger partial charge < -0.3 is 0 Å². The van der Waals surface area contributed by atoms with Crippen LogP contribution in [0.3, 0.4) is 0 Å². The van der Waals surface area contributed by atoms with Gasteiger partial charge in [0.1, 0.15) is 5.01 Å². The van der Waals surface area contributed by atoms with Gasteiger partial charge in [0.15, 0.2) is 0 Å². The number of aromatic nitrogens is 1. The molecule has 2 aromatic rings. The van der Waals surface area contributed by atoms with Gasteiger partial charge >= 0.3 is 0 Å². The summed E-state index contributed by atoms with van der Waals surface area (Å²) in [6.07, 6.45) is 0. The summed E-state index contributed by atoms with van der Waals surface area (Å²) in [6.45, 7) is 1.89. The molecule has 0 aliphatic rings. The average Bonchev–Trinajstić information content (AvgIpc) is 2.64. The third kappa shape index (κ3) is 2.29. The monoisotopic (exact) mass is 254 g/mol. The van der Waals surface area contributed by atoms with Gasteiger partial charge in [0.2, 0.25) is 10.0 Å². The first-order valence-corrected chi connectivity index (χ1v) is 6.95. The second kappa shape index (κ2) is 3.97. The van der Waals surface area contributed by atoms with Crippen molar-refractivity contribution in [1.29, 1.82) is 0 Å². The quantitative estimate of drug-likeness (QED) is 0.887. The number of thiazole rings is 1. The van der Waals surface area contributed by atoms with Crippen LogP contribution in [-0.2, 0) is 10.0 Å². The molecule has 84 valence electrons. The maximum Gasteiger partial charge on any atom is 0.238 e. The minimum atomic E-state index is -3.65. The van der Waals surface area contributed by atoms with Crippen molar-refractivity contribution < 1.29 is 8.42 Å². The van der Waals surface area contributed by atoms with Gasteiger partial charge in [-0.05, 0) is 19.1 Å². The second-order valence-corrected chi connectivity index (χ2v) is 5.79. The van der Waals surface area contributed by atoms with E-state index in [0.29, 0.717) is 0 Å². The highest BCUT2D eigenvalue weighted by atomic mass is 32.2. The first kappa shape index (κ1) is 11.3. The van der Waals surface area contributed by atoms with Crippen LogP contribution in [0.5, 0.6) is 0 Å². The smallest absolute Gasteiger partial charge is 0.238 e. The van der Waals surface area contributed by atoms with Crippen LogP contribution < -0.4 is 5.14 Å². The fourth-order valence-electron chi connectivity index (χ4n) is 1.29. The van der Waals surface area contributed by atoms with Crippen molar-refractivity contribution in [3.05, 3.63) is 35.3 Å². The number of hydrogen-bond donors (Lipinski definition) is 1. The molecule has 0 amide bonds. The van der Waals surface area contributed by atoms with Crippen LogP contribution in [0.1, 0.15) is 5.69 Å². The van der Waals surface area contributed by atoms with E-state index in [-0.39, 0.29) is 4.90 Å². The normalized spacial score (nSPS) is 11.6. The van der Waals surface area contributed by atoms with Gasteiger partial charge in [0.25, 0.3) is 0 Å². The lowest BCUT2D eigenvalue weighted by Gasteiger charge is -2.00. The number of benzene rings is 1.